The Morgan fingerprint density at radius 1 is 1.29 bits per heavy atom. The van der Waals surface area contributed by atoms with Gasteiger partial charge in [-0.15, -0.1) is 0 Å². The van der Waals surface area contributed by atoms with Gasteiger partial charge in [0.25, 0.3) is 0 Å². The summed E-state index contributed by atoms with van der Waals surface area (Å²) in [5.74, 6) is -0.764. The molecule has 0 radical (unpaired) electrons. The van der Waals surface area contributed by atoms with E-state index in [-0.39, 0.29) is 23.8 Å². The Labute approximate surface area is 165 Å². The molecular weight excluding hydrogens is 354 g/mol. The van der Waals surface area contributed by atoms with Gasteiger partial charge in [-0.3, -0.25) is 19.5 Å². The van der Waals surface area contributed by atoms with Crippen LogP contribution in [0.2, 0.25) is 0 Å². The van der Waals surface area contributed by atoms with E-state index in [9.17, 15) is 9.59 Å². The maximum Gasteiger partial charge on any atom is 0.326 e. The van der Waals surface area contributed by atoms with E-state index in [4.69, 9.17) is 4.74 Å². The number of amides is 1. The third-order valence-corrected chi connectivity index (χ3v) is 5.85. The maximum absolute atomic E-state index is 13.1. The summed E-state index contributed by atoms with van der Waals surface area (Å²) in [6.07, 6.45) is 3.83. The van der Waals surface area contributed by atoms with Gasteiger partial charge in [0.2, 0.25) is 5.91 Å². The molecule has 1 fully saturated rings. The van der Waals surface area contributed by atoms with Gasteiger partial charge in [-0.2, -0.15) is 0 Å². The molecule has 2 aromatic rings. The van der Waals surface area contributed by atoms with E-state index in [1.807, 2.05) is 62.2 Å². The van der Waals surface area contributed by atoms with E-state index in [1.165, 1.54) is 7.11 Å². The van der Waals surface area contributed by atoms with Gasteiger partial charge in [-0.1, -0.05) is 30.3 Å². The van der Waals surface area contributed by atoms with E-state index in [0.717, 1.165) is 16.7 Å². The van der Waals surface area contributed by atoms with E-state index in [1.54, 1.807) is 12.4 Å². The number of ether oxygens (including phenoxy) is 1. The number of methoxy groups -OCH3 is 1. The molecule has 0 saturated carbocycles. The second-order valence-corrected chi connectivity index (χ2v) is 7.57. The first-order valence-corrected chi connectivity index (χ1v) is 9.42. The van der Waals surface area contributed by atoms with Gasteiger partial charge in [-0.05, 0) is 50.1 Å². The van der Waals surface area contributed by atoms with Crippen molar-refractivity contribution in [1.82, 2.24) is 15.2 Å². The molecule has 0 spiro atoms. The number of aryl methyl sites for hydroxylation is 1. The normalized spacial score (nSPS) is 24.7. The number of likely N-dealkylation sites (N-methyl/N-ethyl adjacent to an activating group) is 1. The Balaban J connectivity index is 1.90. The van der Waals surface area contributed by atoms with Crippen molar-refractivity contribution in [2.75, 3.05) is 14.2 Å². The highest BCUT2D eigenvalue weighted by molar-refractivity contribution is 5.86. The molecule has 6 nitrogen and oxygen atoms in total. The van der Waals surface area contributed by atoms with Gasteiger partial charge in [0.1, 0.15) is 5.54 Å². The van der Waals surface area contributed by atoms with Gasteiger partial charge < -0.3 is 10.1 Å². The summed E-state index contributed by atoms with van der Waals surface area (Å²) in [5.41, 5.74) is 2.22. The van der Waals surface area contributed by atoms with Crippen molar-refractivity contribution in [2.45, 2.75) is 38.4 Å². The SMILES string of the molecule is COC(=O)[C@]1(C)C[C@H](C(=O)NCc2cccnc2)[C@H](c2ccccc2C)N1C. The number of likely N-dealkylation sites (tertiary alicyclic amines) is 1. The molecule has 0 aliphatic carbocycles. The van der Waals surface area contributed by atoms with Crippen molar-refractivity contribution in [3.05, 3.63) is 65.5 Å². The highest BCUT2D eigenvalue weighted by Crippen LogP contribution is 2.47. The Morgan fingerprint density at radius 2 is 2.04 bits per heavy atom. The largest absolute Gasteiger partial charge is 0.468 e. The van der Waals surface area contributed by atoms with Crippen LogP contribution in [-0.2, 0) is 20.9 Å². The summed E-state index contributed by atoms with van der Waals surface area (Å²) < 4.78 is 5.06. The van der Waals surface area contributed by atoms with E-state index >= 15 is 0 Å². The first kappa shape index (κ1) is 20.0. The minimum Gasteiger partial charge on any atom is -0.468 e. The van der Waals surface area contributed by atoms with Crippen LogP contribution in [0.3, 0.4) is 0 Å². The number of rotatable bonds is 5. The zero-order valence-corrected chi connectivity index (χ0v) is 16.8. The molecule has 1 aromatic heterocycles. The average molecular weight is 381 g/mol. The fourth-order valence-electron chi connectivity index (χ4n) is 4.11. The quantitative estimate of drug-likeness (QED) is 0.806. The first-order valence-electron chi connectivity index (χ1n) is 9.42. The number of nitrogens with one attached hydrogen (secondary N) is 1. The number of hydrogen-bond donors (Lipinski definition) is 1. The Morgan fingerprint density at radius 3 is 2.68 bits per heavy atom. The number of aromatic nitrogens is 1. The summed E-state index contributed by atoms with van der Waals surface area (Å²) in [6.45, 7) is 4.28. The van der Waals surface area contributed by atoms with Crippen molar-refractivity contribution < 1.29 is 14.3 Å². The minimum absolute atomic E-state index is 0.0726. The number of pyridine rings is 1. The number of esters is 1. The fraction of sp³-hybridized carbons (Fsp3) is 0.409. The molecule has 1 amide bonds. The number of nitrogens with zero attached hydrogens (tertiary/aromatic N) is 2. The molecule has 0 unspecified atom stereocenters. The summed E-state index contributed by atoms with van der Waals surface area (Å²) in [7, 11) is 3.28. The van der Waals surface area contributed by atoms with Crippen LogP contribution in [0.4, 0.5) is 0 Å². The highest BCUT2D eigenvalue weighted by atomic mass is 16.5. The molecular formula is C22H27N3O3. The molecule has 1 aromatic carbocycles. The zero-order valence-electron chi connectivity index (χ0n) is 16.8. The van der Waals surface area contributed by atoms with E-state index in [0.29, 0.717) is 13.0 Å². The zero-order chi connectivity index (χ0) is 20.3. The van der Waals surface area contributed by atoms with Gasteiger partial charge in [0.05, 0.1) is 13.0 Å². The van der Waals surface area contributed by atoms with Crippen LogP contribution in [0, 0.1) is 12.8 Å². The average Bonchev–Trinajstić information content (AvgIpc) is 2.99. The molecule has 3 atom stereocenters. The third kappa shape index (κ3) is 3.64. The first-order chi connectivity index (χ1) is 13.4. The van der Waals surface area contributed by atoms with Crippen LogP contribution in [0.15, 0.2) is 48.8 Å². The van der Waals surface area contributed by atoms with Crippen LogP contribution in [0.1, 0.15) is 36.1 Å². The topological polar surface area (TPSA) is 71.5 Å². The predicted octanol–water partition coefficient (Wildman–Crippen LogP) is 2.63. The molecule has 3 rings (SSSR count). The molecule has 2 heterocycles. The van der Waals surface area contributed by atoms with Gasteiger partial charge in [0.15, 0.2) is 0 Å². The van der Waals surface area contributed by atoms with Gasteiger partial charge >= 0.3 is 5.97 Å². The minimum atomic E-state index is -0.863. The number of carbonyl (C=O) groups excluding carboxylic acids is 2. The molecule has 148 valence electrons. The number of benzene rings is 1. The predicted molar refractivity (Wildman–Crippen MR) is 106 cm³/mol. The summed E-state index contributed by atoms with van der Waals surface area (Å²) in [5, 5.41) is 3.02. The Hall–Kier alpha value is -2.73. The van der Waals surface area contributed by atoms with Crippen molar-refractivity contribution in [1.29, 1.82) is 0 Å². The lowest BCUT2D eigenvalue weighted by molar-refractivity contribution is -0.152. The summed E-state index contributed by atoms with van der Waals surface area (Å²) >= 11 is 0. The lowest BCUT2D eigenvalue weighted by Crippen LogP contribution is -2.47. The van der Waals surface area contributed by atoms with Crippen molar-refractivity contribution in [3.8, 4) is 0 Å². The Kier molecular flexibility index (Phi) is 5.79. The van der Waals surface area contributed by atoms with Gasteiger partial charge in [-0.25, -0.2) is 0 Å². The lowest BCUT2D eigenvalue weighted by Gasteiger charge is -2.33. The molecule has 6 heteroatoms. The monoisotopic (exact) mass is 381 g/mol. The molecule has 1 aliphatic rings. The number of carbonyl (C=O) groups is 2. The standard InChI is InChI=1S/C22H27N3O3/c1-15-8-5-6-10-17(15)19-18(12-22(2,25(19)3)21(27)28-4)20(26)24-14-16-9-7-11-23-13-16/h5-11,13,18-19H,12,14H2,1-4H3,(H,24,26)/t18-,19-,22-/m0/s1. The molecule has 1 saturated heterocycles. The van der Waals surface area contributed by atoms with Crippen LogP contribution < -0.4 is 5.32 Å². The second kappa shape index (κ2) is 8.10. The maximum atomic E-state index is 13.1. The van der Waals surface area contributed by atoms with Gasteiger partial charge in [0, 0.05) is 25.0 Å². The molecule has 0 bridgehead atoms. The van der Waals surface area contributed by atoms with E-state index in [2.05, 4.69) is 10.3 Å². The molecule has 28 heavy (non-hydrogen) atoms. The smallest absolute Gasteiger partial charge is 0.326 e. The van der Waals surface area contributed by atoms with Crippen LogP contribution in [0.25, 0.3) is 0 Å². The lowest BCUT2D eigenvalue weighted by atomic mass is 9.88. The molecule has 1 N–H and O–H groups in total. The second-order valence-electron chi connectivity index (χ2n) is 7.57. The van der Waals surface area contributed by atoms with Crippen molar-refractivity contribution >= 4 is 11.9 Å². The highest BCUT2D eigenvalue weighted by Gasteiger charge is 2.55. The summed E-state index contributed by atoms with van der Waals surface area (Å²) in [6, 6.07) is 11.6. The van der Waals surface area contributed by atoms with Crippen LogP contribution in [-0.4, -0.2) is 41.5 Å². The van der Waals surface area contributed by atoms with E-state index < -0.39 is 5.54 Å². The number of hydrogen-bond acceptors (Lipinski definition) is 5. The van der Waals surface area contributed by atoms with Crippen LogP contribution >= 0.6 is 0 Å². The van der Waals surface area contributed by atoms with Crippen molar-refractivity contribution in [2.24, 2.45) is 5.92 Å². The molecule has 1 aliphatic heterocycles. The summed E-state index contributed by atoms with van der Waals surface area (Å²) in [4.78, 5) is 31.8. The third-order valence-electron chi connectivity index (χ3n) is 5.85. The Bertz CT molecular complexity index is 855. The fourth-order valence-corrected chi connectivity index (χ4v) is 4.11. The van der Waals surface area contributed by atoms with Crippen molar-refractivity contribution in [3.63, 3.8) is 0 Å². The van der Waals surface area contributed by atoms with Crippen LogP contribution in [0.5, 0.6) is 0 Å².